The van der Waals surface area contributed by atoms with Crippen molar-refractivity contribution in [2.75, 3.05) is 5.32 Å². The van der Waals surface area contributed by atoms with Crippen LogP contribution in [0, 0.1) is 73.9 Å². The molecule has 4 rings (SSSR count). The number of anilines is 1. The van der Waals surface area contributed by atoms with E-state index < -0.39 is 22.8 Å². The summed E-state index contributed by atoms with van der Waals surface area (Å²) in [4.78, 5) is 65.9. The number of carbonyl (C=O) groups is 4. The Kier molecular flexibility index (Phi) is 20.0. The summed E-state index contributed by atoms with van der Waals surface area (Å²) in [6, 6.07) is 0. The van der Waals surface area contributed by atoms with Crippen LogP contribution in [-0.4, -0.2) is 46.4 Å². The van der Waals surface area contributed by atoms with E-state index in [9.17, 15) is 9.59 Å². The summed E-state index contributed by atoms with van der Waals surface area (Å²) in [5, 5.41) is 6.58. The van der Waals surface area contributed by atoms with Crippen molar-refractivity contribution in [1.82, 2.24) is 9.88 Å². The third-order valence-electron chi connectivity index (χ3n) is 19.0. The second-order valence-electron chi connectivity index (χ2n) is 28.5. The Morgan fingerprint density at radius 1 is 0.581 bits per heavy atom. The van der Waals surface area contributed by atoms with Gasteiger partial charge in [0.25, 0.3) is 0 Å². The summed E-state index contributed by atoms with van der Waals surface area (Å²) in [6.07, 6.45) is 8.80. The molecule has 1 aliphatic heterocycles. The van der Waals surface area contributed by atoms with Crippen molar-refractivity contribution in [3.05, 3.63) is 33.7 Å². The number of nitrogens with zero attached hydrogens (tertiary/aromatic N) is 2. The molecule has 1 aromatic rings. The SMILES string of the molecule is CCC(CC)(CC)C(=O)NC1=N/C(=C\c2c(C(C)C)c(C(=O)OC3C(C(C)(C)C)CC(C)CC3C(C)(C)C)c(NC(=O)C(CC)(CC)CC)n2C)C(C(C)C)=C1C(=O)OC1C(C(C)(C)C)CC(C)CC1C(C)(C)C. The predicted octanol–water partition coefficient (Wildman–Crippen LogP) is 16.3. The Labute approximate surface area is 451 Å². The predicted molar refractivity (Wildman–Crippen MR) is 308 cm³/mol. The number of allylic oxidation sites excluding steroid dienone is 1. The van der Waals surface area contributed by atoms with Crippen LogP contribution < -0.4 is 10.6 Å². The molecule has 74 heavy (non-hydrogen) atoms. The highest BCUT2D eigenvalue weighted by molar-refractivity contribution is 6.26. The number of rotatable bonds is 16. The second-order valence-corrected chi connectivity index (χ2v) is 28.5. The van der Waals surface area contributed by atoms with Gasteiger partial charge in [-0.05, 0) is 127 Å². The van der Waals surface area contributed by atoms with Crippen molar-refractivity contribution in [2.24, 2.45) is 86.0 Å². The van der Waals surface area contributed by atoms with E-state index in [0.717, 1.165) is 31.2 Å². The topological polar surface area (TPSA) is 128 Å². The van der Waals surface area contributed by atoms with Crippen LogP contribution in [0.3, 0.4) is 0 Å². The van der Waals surface area contributed by atoms with Crippen LogP contribution in [0.25, 0.3) is 6.08 Å². The lowest BCUT2D eigenvalue weighted by Crippen LogP contribution is -2.50. The van der Waals surface area contributed by atoms with Gasteiger partial charge in [0, 0.05) is 47.2 Å². The molecule has 4 atom stereocenters. The highest BCUT2D eigenvalue weighted by Gasteiger charge is 2.51. The van der Waals surface area contributed by atoms with Gasteiger partial charge in [-0.25, -0.2) is 14.6 Å². The van der Waals surface area contributed by atoms with Gasteiger partial charge in [0.1, 0.15) is 35.0 Å². The molecule has 0 spiro atoms. The molecule has 2 heterocycles. The average molecular weight is 1030 g/mol. The number of hydrogen-bond donors (Lipinski definition) is 2. The van der Waals surface area contributed by atoms with Crippen molar-refractivity contribution >= 4 is 41.5 Å². The van der Waals surface area contributed by atoms with Crippen molar-refractivity contribution < 1.29 is 28.7 Å². The summed E-state index contributed by atoms with van der Waals surface area (Å²) >= 11 is 0. The largest absolute Gasteiger partial charge is 0.458 e. The molecule has 2 N–H and O–H groups in total. The van der Waals surface area contributed by atoms with Crippen LogP contribution >= 0.6 is 0 Å². The van der Waals surface area contributed by atoms with Crippen LogP contribution in [-0.2, 0) is 30.9 Å². The lowest BCUT2D eigenvalue weighted by Gasteiger charge is -2.50. The minimum atomic E-state index is -0.666. The van der Waals surface area contributed by atoms with Gasteiger partial charge in [-0.15, -0.1) is 0 Å². The summed E-state index contributed by atoms with van der Waals surface area (Å²) in [7, 11) is 1.89. The number of aliphatic imine (C=N–C) groups is 1. The molecule has 3 aliphatic rings. The summed E-state index contributed by atoms with van der Waals surface area (Å²) < 4.78 is 15.9. The van der Waals surface area contributed by atoms with E-state index >= 15 is 9.59 Å². The minimum absolute atomic E-state index is 0.104. The first-order chi connectivity index (χ1) is 33.9. The van der Waals surface area contributed by atoms with Gasteiger partial charge in [0.2, 0.25) is 11.8 Å². The molecule has 2 fully saturated rings. The van der Waals surface area contributed by atoms with Gasteiger partial charge in [0.15, 0.2) is 0 Å². The molecule has 2 saturated carbocycles. The minimum Gasteiger partial charge on any atom is -0.458 e. The standard InChI is InChI=1S/C64H108N4O6/c1-26-63(27-2,28-3)57(71)66-53-49(55(69)73-51-41(59(13,14)15)32-39(11)33-42(51)60(16,17)18)47(37(7)8)45(65-53)36-46-48(38(9)10)50(54(68(46)25)67-58(72)64(29-4,30-5)31-6)56(70)74-52-43(61(19,20)21)34-40(12)35-44(52)62(22,23)24/h36-44,51-52H,26-35H2,1-25H3,(H,67,72)(H,65,66,71)/b45-36-. The zero-order valence-electron chi connectivity index (χ0n) is 51.8. The molecule has 420 valence electrons. The third-order valence-corrected chi connectivity index (χ3v) is 19.0. The van der Waals surface area contributed by atoms with Gasteiger partial charge in [0.05, 0.1) is 5.70 Å². The van der Waals surface area contributed by atoms with Gasteiger partial charge < -0.3 is 24.7 Å². The molecule has 1 aromatic heterocycles. The molecular formula is C64H108N4O6. The highest BCUT2D eigenvalue weighted by atomic mass is 16.5. The normalized spacial score (nSPS) is 25.2. The number of aromatic nitrogens is 1. The fraction of sp³-hybridized carbons (Fsp3) is 0.797. The van der Waals surface area contributed by atoms with Crippen molar-refractivity contribution in [3.63, 3.8) is 0 Å². The summed E-state index contributed by atoms with van der Waals surface area (Å²) in [5.74, 6) is 0.252. The Morgan fingerprint density at radius 3 is 1.26 bits per heavy atom. The van der Waals surface area contributed by atoms with E-state index in [4.69, 9.17) is 14.5 Å². The molecule has 2 aliphatic carbocycles. The fourth-order valence-corrected chi connectivity index (χ4v) is 13.5. The number of nitrogens with one attached hydrogen (secondary N) is 2. The van der Waals surface area contributed by atoms with Gasteiger partial charge >= 0.3 is 11.9 Å². The molecule has 0 aromatic carbocycles. The fourth-order valence-electron chi connectivity index (χ4n) is 13.5. The Hall–Kier alpha value is -3.69. The molecular weight excluding hydrogens is 921 g/mol. The van der Waals surface area contributed by atoms with Crippen molar-refractivity contribution in [3.8, 4) is 0 Å². The van der Waals surface area contributed by atoms with E-state index in [1.54, 1.807) is 0 Å². The van der Waals surface area contributed by atoms with Crippen molar-refractivity contribution in [2.45, 2.75) is 249 Å². The number of carbonyl (C=O) groups excluding carboxylic acids is 4. The van der Waals surface area contributed by atoms with Crippen molar-refractivity contribution in [1.29, 1.82) is 0 Å². The number of amidine groups is 1. The Bertz CT molecular complexity index is 2210. The number of hydrogen-bond acceptors (Lipinski definition) is 7. The first-order valence-corrected chi connectivity index (χ1v) is 29.3. The van der Waals surface area contributed by atoms with E-state index in [1.807, 2.05) is 52.3 Å². The van der Waals surface area contributed by atoms with Crippen LogP contribution in [0.2, 0.25) is 0 Å². The van der Waals surface area contributed by atoms with Crippen LogP contribution in [0.4, 0.5) is 5.82 Å². The quantitative estimate of drug-likeness (QED) is 0.159. The van der Waals surface area contributed by atoms with Gasteiger partial charge in [-0.2, -0.15) is 0 Å². The van der Waals surface area contributed by atoms with Gasteiger partial charge in [-0.1, -0.05) is 166 Å². The Morgan fingerprint density at radius 2 is 0.932 bits per heavy atom. The first-order valence-electron chi connectivity index (χ1n) is 29.3. The number of esters is 2. The van der Waals surface area contributed by atoms with Crippen LogP contribution in [0.5, 0.6) is 0 Å². The molecule has 10 heteroatoms. The molecule has 0 bridgehead atoms. The maximum atomic E-state index is 15.6. The highest BCUT2D eigenvalue weighted by Crippen LogP contribution is 2.52. The monoisotopic (exact) mass is 1030 g/mol. The summed E-state index contributed by atoms with van der Waals surface area (Å²) in [5.41, 5.74) is 1.30. The van der Waals surface area contributed by atoms with E-state index in [0.29, 0.717) is 78.7 Å². The van der Waals surface area contributed by atoms with Crippen LogP contribution in [0.15, 0.2) is 21.8 Å². The van der Waals surface area contributed by atoms with E-state index in [1.165, 1.54) is 0 Å². The molecule has 2 amide bonds. The van der Waals surface area contributed by atoms with Gasteiger partial charge in [-0.3, -0.25) is 9.59 Å². The maximum absolute atomic E-state index is 15.6. The lowest BCUT2D eigenvalue weighted by molar-refractivity contribution is -0.164. The van der Waals surface area contributed by atoms with E-state index in [-0.39, 0.29) is 92.6 Å². The molecule has 4 unspecified atom stereocenters. The van der Waals surface area contributed by atoms with Crippen LogP contribution in [0.1, 0.15) is 258 Å². The molecule has 0 saturated heterocycles. The zero-order chi connectivity index (χ0) is 56.6. The molecule has 0 radical (unpaired) electrons. The Balaban J connectivity index is 2.13. The smallest absolute Gasteiger partial charge is 0.342 e. The lowest BCUT2D eigenvalue weighted by atomic mass is 9.59. The third kappa shape index (κ3) is 13.0. The number of ether oxygens (including phenoxy) is 2. The second kappa shape index (κ2) is 23.5. The average Bonchev–Trinajstić information content (AvgIpc) is 3.78. The number of amides is 2. The molecule has 10 nitrogen and oxygen atoms in total. The first kappa shape index (κ1) is 62.8. The zero-order valence-corrected chi connectivity index (χ0v) is 51.8. The van der Waals surface area contributed by atoms with E-state index in [2.05, 4.69) is 142 Å². The summed E-state index contributed by atoms with van der Waals surface area (Å²) in [6.45, 7) is 52.2. The maximum Gasteiger partial charge on any atom is 0.342 e.